The van der Waals surface area contributed by atoms with Crippen molar-refractivity contribution in [3.8, 4) is 0 Å². The van der Waals surface area contributed by atoms with Crippen LogP contribution in [0.1, 0.15) is 73.1 Å². The maximum Gasteiger partial charge on any atom is 0.295 e. The van der Waals surface area contributed by atoms with Crippen LogP contribution in [0.3, 0.4) is 0 Å². The highest BCUT2D eigenvalue weighted by molar-refractivity contribution is 7.99. The van der Waals surface area contributed by atoms with Crippen molar-refractivity contribution in [2.75, 3.05) is 23.1 Å². The third-order valence-corrected chi connectivity index (χ3v) is 6.86. The standard InChI is InChI=1S/C27H43N3O4S2/c1-21(2)10-7-11-22(3)12-8-13-23(4)14-9-15-24(5)16-19-35-20-25(26(31)30-36(6,32)33)29-27-28-17-18-34-27/h10,12,14,16-18,25H,7-9,11,13,15,19-20H2,1-6H3,(H,28,29)(H,30,31). The van der Waals surface area contributed by atoms with E-state index in [0.29, 0.717) is 5.75 Å². The van der Waals surface area contributed by atoms with Crippen LogP contribution in [0.5, 0.6) is 0 Å². The predicted molar refractivity (Wildman–Crippen MR) is 153 cm³/mol. The topological polar surface area (TPSA) is 101 Å². The van der Waals surface area contributed by atoms with Crippen LogP contribution in [0.15, 0.2) is 63.5 Å². The smallest absolute Gasteiger partial charge is 0.295 e. The van der Waals surface area contributed by atoms with Crippen LogP contribution >= 0.6 is 11.8 Å². The summed E-state index contributed by atoms with van der Waals surface area (Å²) in [7, 11) is -3.65. The highest BCUT2D eigenvalue weighted by Crippen LogP contribution is 2.15. The minimum atomic E-state index is -3.65. The first kappa shape index (κ1) is 31.8. The minimum absolute atomic E-state index is 0.174. The number of thioether (sulfide) groups is 1. The fourth-order valence-electron chi connectivity index (χ4n) is 3.25. The molecule has 0 spiro atoms. The Morgan fingerprint density at radius 2 is 1.53 bits per heavy atom. The van der Waals surface area contributed by atoms with Crippen LogP contribution in [-0.2, 0) is 14.8 Å². The van der Waals surface area contributed by atoms with Crippen molar-refractivity contribution in [2.45, 2.75) is 79.2 Å². The molecule has 202 valence electrons. The molecule has 0 radical (unpaired) electrons. The van der Waals surface area contributed by atoms with E-state index in [2.05, 4.69) is 69.2 Å². The van der Waals surface area contributed by atoms with Gasteiger partial charge < -0.3 is 9.73 Å². The molecule has 9 heteroatoms. The van der Waals surface area contributed by atoms with Crippen LogP contribution in [0, 0.1) is 0 Å². The van der Waals surface area contributed by atoms with Gasteiger partial charge in [0.1, 0.15) is 12.3 Å². The summed E-state index contributed by atoms with van der Waals surface area (Å²) in [6, 6.07) is -0.611. The van der Waals surface area contributed by atoms with Crippen molar-refractivity contribution in [3.05, 3.63) is 59.1 Å². The summed E-state index contributed by atoms with van der Waals surface area (Å²) in [5.41, 5.74) is 5.55. The van der Waals surface area contributed by atoms with E-state index in [1.807, 2.05) is 4.72 Å². The monoisotopic (exact) mass is 537 g/mol. The van der Waals surface area contributed by atoms with Crippen LogP contribution < -0.4 is 10.0 Å². The van der Waals surface area contributed by atoms with E-state index in [1.54, 1.807) is 0 Å². The molecule has 0 fully saturated rings. The van der Waals surface area contributed by atoms with Gasteiger partial charge in [-0.1, -0.05) is 46.6 Å². The number of nitrogens with one attached hydrogen (secondary N) is 2. The van der Waals surface area contributed by atoms with Gasteiger partial charge in [-0.05, 0) is 73.1 Å². The highest BCUT2D eigenvalue weighted by Gasteiger charge is 2.22. The quantitative estimate of drug-likeness (QED) is 0.175. The molecule has 1 atom stereocenters. The summed E-state index contributed by atoms with van der Waals surface area (Å²) < 4.78 is 30.0. The predicted octanol–water partition coefficient (Wildman–Crippen LogP) is 6.41. The number of allylic oxidation sites excluding steroid dienone is 7. The Bertz CT molecular complexity index is 1020. The second-order valence-corrected chi connectivity index (χ2v) is 12.2. The van der Waals surface area contributed by atoms with Gasteiger partial charge in [0.05, 0.1) is 12.5 Å². The molecule has 36 heavy (non-hydrogen) atoms. The molecule has 1 heterocycles. The number of hydrogen-bond acceptors (Lipinski definition) is 7. The summed E-state index contributed by atoms with van der Waals surface area (Å²) in [5.74, 6) is 0.456. The molecule has 0 saturated carbocycles. The molecule has 2 N–H and O–H groups in total. The molecule has 0 aliphatic rings. The molecule has 7 nitrogen and oxygen atoms in total. The van der Waals surface area contributed by atoms with E-state index in [4.69, 9.17) is 4.42 Å². The summed E-state index contributed by atoms with van der Waals surface area (Å²) in [4.78, 5) is 16.3. The Hall–Kier alpha value is -2.26. The zero-order valence-corrected chi connectivity index (χ0v) is 24.2. The fraction of sp³-hybridized carbons (Fsp3) is 0.556. The Morgan fingerprint density at radius 1 is 0.972 bits per heavy atom. The number of rotatable bonds is 17. The van der Waals surface area contributed by atoms with E-state index >= 15 is 0 Å². The molecule has 1 rings (SSSR count). The minimum Gasteiger partial charge on any atom is -0.432 e. The summed E-state index contributed by atoms with van der Waals surface area (Å²) >= 11 is 1.54. The SMILES string of the molecule is CC(C)=CCCC(C)=CCCC(C)=CCCC(C)=CCSCC(Nc1ncco1)C(=O)NS(C)(=O)=O. The fourth-order valence-corrected chi connectivity index (χ4v) is 4.77. The largest absolute Gasteiger partial charge is 0.432 e. The summed E-state index contributed by atoms with van der Waals surface area (Å²) in [6.07, 6.45) is 19.3. The lowest BCUT2D eigenvalue weighted by molar-refractivity contribution is -0.119. The second kappa shape index (κ2) is 17.2. The van der Waals surface area contributed by atoms with Crippen LogP contribution in [0.25, 0.3) is 0 Å². The second-order valence-electron chi connectivity index (χ2n) is 9.36. The zero-order valence-electron chi connectivity index (χ0n) is 22.6. The number of carbonyl (C=O) groups excluding carboxylic acids is 1. The zero-order chi connectivity index (χ0) is 27.0. The molecular weight excluding hydrogens is 494 g/mol. The molecule has 0 aromatic carbocycles. The van der Waals surface area contributed by atoms with Gasteiger partial charge in [0, 0.05) is 11.5 Å². The molecule has 0 aliphatic heterocycles. The summed E-state index contributed by atoms with van der Waals surface area (Å²) in [5, 5.41) is 2.84. The van der Waals surface area contributed by atoms with E-state index in [1.165, 1.54) is 46.5 Å². The normalized spacial score (nSPS) is 13.9. The third-order valence-electron chi connectivity index (χ3n) is 5.32. The van der Waals surface area contributed by atoms with Crippen LogP contribution in [-0.4, -0.2) is 43.1 Å². The number of carbonyl (C=O) groups is 1. The first-order valence-electron chi connectivity index (χ1n) is 12.3. The van der Waals surface area contributed by atoms with Gasteiger partial charge in [-0.15, -0.1) is 0 Å². The first-order chi connectivity index (χ1) is 17.0. The number of sulfonamides is 1. The van der Waals surface area contributed by atoms with Crippen molar-refractivity contribution in [3.63, 3.8) is 0 Å². The molecule has 0 saturated heterocycles. The van der Waals surface area contributed by atoms with Gasteiger partial charge in [0.2, 0.25) is 10.0 Å². The lowest BCUT2D eigenvalue weighted by Crippen LogP contribution is -2.43. The van der Waals surface area contributed by atoms with E-state index in [-0.39, 0.29) is 6.01 Å². The van der Waals surface area contributed by atoms with Gasteiger partial charge in [0.15, 0.2) is 0 Å². The van der Waals surface area contributed by atoms with Gasteiger partial charge in [0.25, 0.3) is 11.9 Å². The van der Waals surface area contributed by atoms with Crippen molar-refractivity contribution in [1.29, 1.82) is 0 Å². The lowest BCUT2D eigenvalue weighted by Gasteiger charge is -2.16. The van der Waals surface area contributed by atoms with Crippen molar-refractivity contribution in [2.24, 2.45) is 0 Å². The molecule has 0 bridgehead atoms. The number of hydrogen-bond donors (Lipinski definition) is 2. The van der Waals surface area contributed by atoms with E-state index in [9.17, 15) is 13.2 Å². The van der Waals surface area contributed by atoms with Gasteiger partial charge >= 0.3 is 0 Å². The highest BCUT2D eigenvalue weighted by atomic mass is 32.2. The van der Waals surface area contributed by atoms with Crippen molar-refractivity contribution >= 4 is 33.7 Å². The van der Waals surface area contributed by atoms with Crippen molar-refractivity contribution in [1.82, 2.24) is 9.71 Å². The van der Waals surface area contributed by atoms with Gasteiger partial charge in [-0.3, -0.25) is 9.52 Å². The van der Waals surface area contributed by atoms with E-state index < -0.39 is 22.0 Å². The number of nitrogens with zero attached hydrogens (tertiary/aromatic N) is 1. The molecule has 1 amide bonds. The Balaban J connectivity index is 2.40. The van der Waals surface area contributed by atoms with Crippen LogP contribution in [0.2, 0.25) is 0 Å². The van der Waals surface area contributed by atoms with Gasteiger partial charge in [-0.2, -0.15) is 11.8 Å². The number of oxazole rings is 1. The number of anilines is 1. The average Bonchev–Trinajstić information content (AvgIpc) is 3.27. The molecule has 0 aliphatic carbocycles. The summed E-state index contributed by atoms with van der Waals surface area (Å²) in [6.45, 7) is 10.8. The van der Waals surface area contributed by atoms with Gasteiger partial charge in [-0.25, -0.2) is 13.4 Å². The number of amides is 1. The molecule has 1 aromatic heterocycles. The third kappa shape index (κ3) is 16.4. The van der Waals surface area contributed by atoms with E-state index in [0.717, 1.165) is 50.5 Å². The number of aromatic nitrogens is 1. The average molecular weight is 538 g/mol. The lowest BCUT2D eigenvalue weighted by atomic mass is 10.0. The Kier molecular flexibility index (Phi) is 15.2. The molecule has 1 unspecified atom stereocenters. The van der Waals surface area contributed by atoms with Crippen LogP contribution in [0.4, 0.5) is 6.01 Å². The maximum atomic E-state index is 12.3. The molecular formula is C27H43N3O4S2. The Morgan fingerprint density at radius 3 is 2.03 bits per heavy atom. The molecule has 1 aromatic rings. The van der Waals surface area contributed by atoms with Crippen molar-refractivity contribution < 1.29 is 17.6 Å². The first-order valence-corrected chi connectivity index (χ1v) is 15.4. The Labute approximate surface area is 222 Å². The maximum absolute atomic E-state index is 12.3.